The summed E-state index contributed by atoms with van der Waals surface area (Å²) in [6, 6.07) is 10.5. The maximum absolute atomic E-state index is 11.0. The minimum Gasteiger partial charge on any atom is -0.508 e. The van der Waals surface area contributed by atoms with E-state index < -0.39 is 5.97 Å². The molecule has 0 heterocycles. The van der Waals surface area contributed by atoms with Crippen LogP contribution in [0.3, 0.4) is 0 Å². The number of aromatic hydroxyl groups is 1. The van der Waals surface area contributed by atoms with Crippen LogP contribution in [0.15, 0.2) is 36.4 Å². The lowest BCUT2D eigenvalue weighted by Gasteiger charge is -2.08. The maximum Gasteiger partial charge on any atom is 0.343 e. The summed E-state index contributed by atoms with van der Waals surface area (Å²) in [6.07, 6.45) is 0. The molecule has 88 valence electrons. The zero-order chi connectivity index (χ0) is 12.3. The third kappa shape index (κ3) is 2.47. The Morgan fingerprint density at radius 2 is 2.12 bits per heavy atom. The quantitative estimate of drug-likeness (QED) is 0.823. The van der Waals surface area contributed by atoms with Gasteiger partial charge in [0, 0.05) is 5.39 Å². The Bertz CT molecular complexity index is 548. The van der Waals surface area contributed by atoms with Crippen LogP contribution in [-0.2, 0) is 9.53 Å². The van der Waals surface area contributed by atoms with E-state index >= 15 is 0 Å². The molecule has 0 spiro atoms. The molecule has 0 aliphatic heterocycles. The van der Waals surface area contributed by atoms with Gasteiger partial charge in [-0.15, -0.1) is 0 Å². The average molecular weight is 232 g/mol. The van der Waals surface area contributed by atoms with E-state index in [4.69, 9.17) is 4.74 Å². The van der Waals surface area contributed by atoms with Gasteiger partial charge in [-0.05, 0) is 23.6 Å². The van der Waals surface area contributed by atoms with E-state index in [1.165, 1.54) is 7.11 Å². The van der Waals surface area contributed by atoms with Gasteiger partial charge >= 0.3 is 5.97 Å². The molecule has 0 aliphatic rings. The van der Waals surface area contributed by atoms with Gasteiger partial charge < -0.3 is 14.6 Å². The van der Waals surface area contributed by atoms with E-state index in [9.17, 15) is 9.90 Å². The molecule has 2 aromatic carbocycles. The summed E-state index contributed by atoms with van der Waals surface area (Å²) >= 11 is 0. The van der Waals surface area contributed by atoms with E-state index in [0.29, 0.717) is 5.75 Å². The summed E-state index contributed by atoms with van der Waals surface area (Å²) in [5.74, 6) is 0.262. The van der Waals surface area contributed by atoms with Crippen molar-refractivity contribution in [3.8, 4) is 11.5 Å². The SMILES string of the molecule is COC(=O)COc1cccc2ccc(O)cc12. The number of rotatable bonds is 3. The molecular weight excluding hydrogens is 220 g/mol. The van der Waals surface area contributed by atoms with Crippen molar-refractivity contribution in [3.63, 3.8) is 0 Å². The van der Waals surface area contributed by atoms with Gasteiger partial charge in [0.25, 0.3) is 0 Å². The number of hydrogen-bond donors (Lipinski definition) is 1. The van der Waals surface area contributed by atoms with E-state index in [0.717, 1.165) is 10.8 Å². The van der Waals surface area contributed by atoms with Crippen molar-refractivity contribution in [1.82, 2.24) is 0 Å². The molecule has 0 fully saturated rings. The molecule has 17 heavy (non-hydrogen) atoms. The second-order valence-electron chi connectivity index (χ2n) is 3.53. The summed E-state index contributed by atoms with van der Waals surface area (Å²) in [5, 5.41) is 11.1. The normalized spacial score (nSPS) is 10.2. The van der Waals surface area contributed by atoms with Gasteiger partial charge in [0.15, 0.2) is 6.61 Å². The first kappa shape index (κ1) is 11.3. The molecule has 0 aliphatic carbocycles. The van der Waals surface area contributed by atoms with Crippen molar-refractivity contribution in [1.29, 1.82) is 0 Å². The molecule has 0 atom stereocenters. The molecule has 2 rings (SSSR count). The highest BCUT2D eigenvalue weighted by molar-refractivity contribution is 5.89. The lowest BCUT2D eigenvalue weighted by Crippen LogP contribution is -2.12. The van der Waals surface area contributed by atoms with Gasteiger partial charge in [-0.3, -0.25) is 0 Å². The predicted octanol–water partition coefficient (Wildman–Crippen LogP) is 2.10. The van der Waals surface area contributed by atoms with Crippen molar-refractivity contribution in [2.75, 3.05) is 13.7 Å². The monoisotopic (exact) mass is 232 g/mol. The number of hydrogen-bond acceptors (Lipinski definition) is 4. The van der Waals surface area contributed by atoms with Crippen LogP contribution in [0.1, 0.15) is 0 Å². The van der Waals surface area contributed by atoms with Gasteiger partial charge in [-0.1, -0.05) is 18.2 Å². The smallest absolute Gasteiger partial charge is 0.343 e. The Kier molecular flexibility index (Phi) is 3.14. The Hall–Kier alpha value is -2.23. The van der Waals surface area contributed by atoms with Gasteiger partial charge in [-0.25, -0.2) is 4.79 Å². The molecule has 0 saturated heterocycles. The number of carbonyl (C=O) groups is 1. The Balaban J connectivity index is 2.33. The van der Waals surface area contributed by atoms with Gasteiger partial charge in [-0.2, -0.15) is 0 Å². The molecule has 4 heteroatoms. The molecule has 0 amide bonds. The Morgan fingerprint density at radius 3 is 2.88 bits per heavy atom. The number of ether oxygens (including phenoxy) is 2. The minimum atomic E-state index is -0.442. The zero-order valence-electron chi connectivity index (χ0n) is 9.34. The number of phenolic OH excluding ortho intramolecular Hbond substituents is 1. The van der Waals surface area contributed by atoms with Gasteiger partial charge in [0.2, 0.25) is 0 Å². The third-order valence-corrected chi connectivity index (χ3v) is 2.40. The molecule has 0 saturated carbocycles. The number of methoxy groups -OCH3 is 1. The van der Waals surface area contributed by atoms with Crippen LogP contribution in [0.2, 0.25) is 0 Å². The summed E-state index contributed by atoms with van der Waals surface area (Å²) in [5.41, 5.74) is 0. The van der Waals surface area contributed by atoms with Crippen LogP contribution < -0.4 is 4.74 Å². The minimum absolute atomic E-state index is 0.148. The molecule has 0 unspecified atom stereocenters. The zero-order valence-corrected chi connectivity index (χ0v) is 9.34. The first-order valence-electron chi connectivity index (χ1n) is 5.12. The topological polar surface area (TPSA) is 55.8 Å². The van der Waals surface area contributed by atoms with E-state index in [-0.39, 0.29) is 12.4 Å². The fourth-order valence-corrected chi connectivity index (χ4v) is 1.55. The van der Waals surface area contributed by atoms with Gasteiger partial charge in [0.05, 0.1) is 7.11 Å². The van der Waals surface area contributed by atoms with Crippen molar-refractivity contribution in [3.05, 3.63) is 36.4 Å². The number of esters is 1. The van der Waals surface area contributed by atoms with Crippen LogP contribution in [0.4, 0.5) is 0 Å². The summed E-state index contributed by atoms with van der Waals surface area (Å²) in [4.78, 5) is 11.0. The van der Waals surface area contributed by atoms with Crippen molar-refractivity contribution >= 4 is 16.7 Å². The van der Waals surface area contributed by atoms with Crippen LogP contribution in [0.25, 0.3) is 10.8 Å². The first-order chi connectivity index (χ1) is 8.20. The lowest BCUT2D eigenvalue weighted by atomic mass is 10.1. The molecule has 0 radical (unpaired) electrons. The predicted molar refractivity (Wildman–Crippen MR) is 63.1 cm³/mol. The summed E-state index contributed by atoms with van der Waals surface area (Å²) in [7, 11) is 1.31. The van der Waals surface area contributed by atoms with E-state index in [1.807, 2.05) is 12.1 Å². The number of phenols is 1. The van der Waals surface area contributed by atoms with E-state index in [2.05, 4.69) is 4.74 Å². The molecule has 1 N–H and O–H groups in total. The first-order valence-corrected chi connectivity index (χ1v) is 5.12. The second kappa shape index (κ2) is 4.74. The lowest BCUT2D eigenvalue weighted by molar-refractivity contribution is -0.142. The largest absolute Gasteiger partial charge is 0.508 e. The van der Waals surface area contributed by atoms with Crippen LogP contribution in [0, 0.1) is 0 Å². The second-order valence-corrected chi connectivity index (χ2v) is 3.53. The molecular formula is C13H12O4. The highest BCUT2D eigenvalue weighted by atomic mass is 16.6. The van der Waals surface area contributed by atoms with Crippen LogP contribution in [-0.4, -0.2) is 24.8 Å². The summed E-state index contributed by atoms with van der Waals surface area (Å²) < 4.78 is 9.84. The molecule has 4 nitrogen and oxygen atoms in total. The van der Waals surface area contributed by atoms with Gasteiger partial charge in [0.1, 0.15) is 11.5 Å². The number of carbonyl (C=O) groups excluding carboxylic acids is 1. The fraction of sp³-hybridized carbons (Fsp3) is 0.154. The molecule has 0 aromatic heterocycles. The molecule has 0 bridgehead atoms. The van der Waals surface area contributed by atoms with Crippen LogP contribution in [0.5, 0.6) is 11.5 Å². The van der Waals surface area contributed by atoms with Crippen molar-refractivity contribution in [2.45, 2.75) is 0 Å². The standard InChI is InChI=1S/C13H12O4/c1-16-13(15)8-17-12-4-2-3-9-5-6-10(14)7-11(9)12/h2-7,14H,8H2,1H3. The molecule has 2 aromatic rings. The Labute approximate surface area is 98.4 Å². The highest BCUT2D eigenvalue weighted by Gasteiger charge is 2.06. The van der Waals surface area contributed by atoms with Crippen molar-refractivity contribution in [2.24, 2.45) is 0 Å². The highest BCUT2D eigenvalue weighted by Crippen LogP contribution is 2.28. The van der Waals surface area contributed by atoms with Crippen LogP contribution >= 0.6 is 0 Å². The Morgan fingerprint density at radius 1 is 1.29 bits per heavy atom. The fourth-order valence-electron chi connectivity index (χ4n) is 1.55. The maximum atomic E-state index is 11.0. The third-order valence-electron chi connectivity index (χ3n) is 2.40. The number of fused-ring (bicyclic) bond motifs is 1. The summed E-state index contributed by atoms with van der Waals surface area (Å²) in [6.45, 7) is -0.148. The van der Waals surface area contributed by atoms with E-state index in [1.54, 1.807) is 24.3 Å². The average Bonchev–Trinajstić information content (AvgIpc) is 2.35. The number of benzene rings is 2. The van der Waals surface area contributed by atoms with Crippen molar-refractivity contribution < 1.29 is 19.4 Å².